The van der Waals surface area contributed by atoms with Crippen molar-refractivity contribution in [1.29, 1.82) is 0 Å². The van der Waals surface area contributed by atoms with Gasteiger partial charge in [0.2, 0.25) is 5.91 Å². The zero-order valence-electron chi connectivity index (χ0n) is 10.4. The Hall–Kier alpha value is -0.710. The van der Waals surface area contributed by atoms with Gasteiger partial charge in [-0.05, 0) is 24.5 Å². The molecular weight excluding hydrogens is 238 g/mol. The number of aliphatic carboxylic acids is 1. The van der Waals surface area contributed by atoms with Crippen LogP contribution in [0, 0.1) is 11.8 Å². The van der Waals surface area contributed by atoms with Gasteiger partial charge in [-0.1, -0.05) is 20.3 Å². The van der Waals surface area contributed by atoms with Gasteiger partial charge in [0.1, 0.15) is 0 Å². The van der Waals surface area contributed by atoms with Gasteiger partial charge in [0.25, 0.3) is 0 Å². The smallest absolute Gasteiger partial charge is 0.308 e. The maximum Gasteiger partial charge on any atom is 0.308 e. The molecule has 1 aliphatic heterocycles. The van der Waals surface area contributed by atoms with E-state index in [-0.39, 0.29) is 23.6 Å². The highest BCUT2D eigenvalue weighted by molar-refractivity contribution is 8.00. The maximum absolute atomic E-state index is 11.8. The number of rotatable bonds is 5. The van der Waals surface area contributed by atoms with Gasteiger partial charge in [-0.3, -0.25) is 9.59 Å². The summed E-state index contributed by atoms with van der Waals surface area (Å²) >= 11 is 1.68. The molecule has 1 fully saturated rings. The Labute approximate surface area is 107 Å². The van der Waals surface area contributed by atoms with Crippen LogP contribution in [0.15, 0.2) is 0 Å². The van der Waals surface area contributed by atoms with Crippen molar-refractivity contribution in [2.75, 3.05) is 12.3 Å². The molecule has 1 rings (SSSR count). The molecule has 0 saturated carbocycles. The van der Waals surface area contributed by atoms with Gasteiger partial charge < -0.3 is 10.4 Å². The van der Waals surface area contributed by atoms with E-state index in [9.17, 15) is 9.59 Å². The van der Waals surface area contributed by atoms with Crippen LogP contribution < -0.4 is 5.32 Å². The molecule has 4 nitrogen and oxygen atoms in total. The molecule has 2 atom stereocenters. The standard InChI is InChI=1S/C12H21NO3S/c1-8(2)9(12(15)16)7-13-11(14)10-5-3-4-6-17-10/h8-10H,3-7H2,1-2H3,(H,13,14)(H,15,16). The van der Waals surface area contributed by atoms with Crippen molar-refractivity contribution in [3.8, 4) is 0 Å². The van der Waals surface area contributed by atoms with Crippen LogP contribution in [0.25, 0.3) is 0 Å². The molecule has 5 heteroatoms. The first-order chi connectivity index (χ1) is 8.02. The first kappa shape index (κ1) is 14.4. The highest BCUT2D eigenvalue weighted by Crippen LogP contribution is 2.25. The van der Waals surface area contributed by atoms with Crippen LogP contribution >= 0.6 is 11.8 Å². The lowest BCUT2D eigenvalue weighted by Crippen LogP contribution is -2.40. The third-order valence-corrected chi connectivity index (χ3v) is 4.47. The number of carboxylic acids is 1. The van der Waals surface area contributed by atoms with Gasteiger partial charge in [0.15, 0.2) is 0 Å². The van der Waals surface area contributed by atoms with Crippen molar-refractivity contribution in [2.45, 2.75) is 38.4 Å². The minimum absolute atomic E-state index is 0.00148. The van der Waals surface area contributed by atoms with Crippen LogP contribution in [0.5, 0.6) is 0 Å². The summed E-state index contributed by atoms with van der Waals surface area (Å²) in [5, 5.41) is 11.8. The Kier molecular flexibility index (Phi) is 5.82. The molecule has 98 valence electrons. The van der Waals surface area contributed by atoms with Crippen LogP contribution in [0.1, 0.15) is 33.1 Å². The number of carboxylic acid groups (broad SMARTS) is 1. The Morgan fingerprint density at radius 1 is 1.41 bits per heavy atom. The first-order valence-corrected chi connectivity index (χ1v) is 7.19. The third kappa shape index (κ3) is 4.58. The van der Waals surface area contributed by atoms with E-state index in [1.54, 1.807) is 11.8 Å². The van der Waals surface area contributed by atoms with E-state index in [0.717, 1.165) is 18.6 Å². The molecule has 0 spiro atoms. The number of carbonyl (C=O) groups excluding carboxylic acids is 1. The SMILES string of the molecule is CC(C)C(CNC(=O)C1CCCCS1)C(=O)O. The molecule has 0 aromatic carbocycles. The third-order valence-electron chi connectivity index (χ3n) is 3.09. The van der Waals surface area contributed by atoms with Gasteiger partial charge in [-0.25, -0.2) is 0 Å². The Morgan fingerprint density at radius 3 is 2.59 bits per heavy atom. The topological polar surface area (TPSA) is 66.4 Å². The summed E-state index contributed by atoms with van der Waals surface area (Å²) in [6.45, 7) is 3.96. The summed E-state index contributed by atoms with van der Waals surface area (Å²) in [6.07, 6.45) is 3.19. The van der Waals surface area contributed by atoms with Crippen molar-refractivity contribution >= 4 is 23.6 Å². The number of hydrogen-bond acceptors (Lipinski definition) is 3. The molecule has 2 unspecified atom stereocenters. The molecule has 17 heavy (non-hydrogen) atoms. The minimum atomic E-state index is -0.836. The van der Waals surface area contributed by atoms with Gasteiger partial charge in [0, 0.05) is 6.54 Å². The zero-order valence-corrected chi connectivity index (χ0v) is 11.3. The van der Waals surface area contributed by atoms with Crippen LogP contribution in [0.4, 0.5) is 0 Å². The number of amides is 1. The molecule has 0 aromatic heterocycles. The zero-order chi connectivity index (χ0) is 12.8. The molecule has 0 radical (unpaired) electrons. The molecule has 1 aliphatic rings. The first-order valence-electron chi connectivity index (χ1n) is 6.14. The van der Waals surface area contributed by atoms with Crippen LogP contribution in [-0.4, -0.2) is 34.5 Å². The fourth-order valence-electron chi connectivity index (χ4n) is 1.88. The van der Waals surface area contributed by atoms with Crippen LogP contribution in [-0.2, 0) is 9.59 Å². The monoisotopic (exact) mass is 259 g/mol. The molecule has 1 saturated heterocycles. The minimum Gasteiger partial charge on any atom is -0.481 e. The average molecular weight is 259 g/mol. The van der Waals surface area contributed by atoms with Crippen molar-refractivity contribution < 1.29 is 14.7 Å². The lowest BCUT2D eigenvalue weighted by atomic mass is 9.96. The van der Waals surface area contributed by atoms with Crippen LogP contribution in [0.2, 0.25) is 0 Å². The highest BCUT2D eigenvalue weighted by Gasteiger charge is 2.25. The lowest BCUT2D eigenvalue weighted by Gasteiger charge is -2.22. The van der Waals surface area contributed by atoms with E-state index in [0.29, 0.717) is 0 Å². The second-order valence-corrected chi connectivity index (χ2v) is 6.10. The molecule has 1 heterocycles. The van der Waals surface area contributed by atoms with Crippen molar-refractivity contribution in [1.82, 2.24) is 5.32 Å². The number of hydrogen-bond donors (Lipinski definition) is 2. The lowest BCUT2D eigenvalue weighted by molar-refractivity contribution is -0.143. The summed E-state index contributed by atoms with van der Waals surface area (Å²) in [6, 6.07) is 0. The number of nitrogens with one attached hydrogen (secondary N) is 1. The molecule has 0 bridgehead atoms. The summed E-state index contributed by atoms with van der Waals surface area (Å²) in [7, 11) is 0. The Bertz CT molecular complexity index is 275. The van der Waals surface area contributed by atoms with E-state index >= 15 is 0 Å². The van der Waals surface area contributed by atoms with Crippen LogP contribution in [0.3, 0.4) is 0 Å². The van der Waals surface area contributed by atoms with E-state index in [1.165, 1.54) is 6.42 Å². The molecular formula is C12H21NO3S. The second-order valence-electron chi connectivity index (χ2n) is 4.79. The second kappa shape index (κ2) is 6.89. The molecule has 0 aromatic rings. The van der Waals surface area contributed by atoms with Crippen molar-refractivity contribution in [3.63, 3.8) is 0 Å². The molecule has 1 amide bonds. The normalized spacial score (nSPS) is 22.2. The average Bonchev–Trinajstić information content (AvgIpc) is 2.29. The summed E-state index contributed by atoms with van der Waals surface area (Å²) in [5.41, 5.74) is 0. The van der Waals surface area contributed by atoms with Crippen molar-refractivity contribution in [3.05, 3.63) is 0 Å². The Balaban J connectivity index is 2.37. The number of thioether (sulfide) groups is 1. The summed E-state index contributed by atoms with van der Waals surface area (Å²) in [4.78, 5) is 22.8. The van der Waals surface area contributed by atoms with Gasteiger partial charge in [0.05, 0.1) is 11.2 Å². The fraction of sp³-hybridized carbons (Fsp3) is 0.833. The Morgan fingerprint density at radius 2 is 2.12 bits per heavy atom. The molecule has 2 N–H and O–H groups in total. The van der Waals surface area contributed by atoms with E-state index in [4.69, 9.17) is 5.11 Å². The predicted octanol–water partition coefficient (Wildman–Crippen LogP) is 1.75. The van der Waals surface area contributed by atoms with Gasteiger partial charge in [-0.15, -0.1) is 11.8 Å². The fourth-order valence-corrected chi connectivity index (χ4v) is 3.10. The van der Waals surface area contributed by atoms with Gasteiger partial charge >= 0.3 is 5.97 Å². The molecule has 0 aliphatic carbocycles. The van der Waals surface area contributed by atoms with E-state index in [1.807, 2.05) is 13.8 Å². The largest absolute Gasteiger partial charge is 0.481 e. The van der Waals surface area contributed by atoms with E-state index < -0.39 is 11.9 Å². The maximum atomic E-state index is 11.8. The predicted molar refractivity (Wildman–Crippen MR) is 69.1 cm³/mol. The highest BCUT2D eigenvalue weighted by atomic mass is 32.2. The summed E-state index contributed by atoms with van der Waals surface area (Å²) < 4.78 is 0. The number of carbonyl (C=O) groups is 2. The quantitative estimate of drug-likeness (QED) is 0.789. The summed E-state index contributed by atoms with van der Waals surface area (Å²) in [5.74, 6) is -0.262. The van der Waals surface area contributed by atoms with E-state index in [2.05, 4.69) is 5.32 Å². The van der Waals surface area contributed by atoms with Crippen molar-refractivity contribution in [2.24, 2.45) is 11.8 Å². The van der Waals surface area contributed by atoms with Gasteiger partial charge in [-0.2, -0.15) is 0 Å².